The summed E-state index contributed by atoms with van der Waals surface area (Å²) >= 11 is 0. The highest BCUT2D eigenvalue weighted by molar-refractivity contribution is 4.77. The van der Waals surface area contributed by atoms with Crippen molar-refractivity contribution in [3.63, 3.8) is 0 Å². The lowest BCUT2D eigenvalue weighted by Gasteiger charge is -2.36. The van der Waals surface area contributed by atoms with Gasteiger partial charge in [0.25, 0.3) is 0 Å². The van der Waals surface area contributed by atoms with Gasteiger partial charge in [0.1, 0.15) is 0 Å². The topological polar surface area (TPSA) is 24.9 Å². The highest BCUT2D eigenvalue weighted by Gasteiger charge is 2.23. The van der Waals surface area contributed by atoms with E-state index < -0.39 is 0 Å². The molecule has 2 aliphatic rings. The van der Waals surface area contributed by atoms with Crippen molar-refractivity contribution in [2.75, 3.05) is 53.0 Å². The fourth-order valence-electron chi connectivity index (χ4n) is 2.57. The lowest BCUT2D eigenvalue weighted by molar-refractivity contribution is -0.0781. The number of likely N-dealkylation sites (N-methyl/N-ethyl adjacent to an activating group) is 1. The maximum absolute atomic E-state index is 5.86. The van der Waals surface area contributed by atoms with Crippen LogP contribution in [0.3, 0.4) is 0 Å². The number of piperidine rings is 1. The van der Waals surface area contributed by atoms with Crippen LogP contribution in [0.15, 0.2) is 0 Å². The van der Waals surface area contributed by atoms with Gasteiger partial charge in [0.15, 0.2) is 0 Å². The smallest absolute Gasteiger partial charge is 0.0829 e. The van der Waals surface area contributed by atoms with Crippen LogP contribution >= 0.6 is 0 Å². The van der Waals surface area contributed by atoms with Gasteiger partial charge in [-0.3, -0.25) is 0 Å². The van der Waals surface area contributed by atoms with E-state index in [1.165, 1.54) is 32.5 Å². The Kier molecular flexibility index (Phi) is 5.22. The Morgan fingerprint density at radius 3 is 2.12 bits per heavy atom. The first kappa shape index (κ1) is 13.3. The van der Waals surface area contributed by atoms with E-state index in [2.05, 4.69) is 23.8 Å². The molecule has 0 saturated carbocycles. The molecule has 0 atom stereocenters. The lowest BCUT2D eigenvalue weighted by Crippen LogP contribution is -2.50. The second kappa shape index (κ2) is 6.69. The SMILES string of the molecule is CCN1CCC(OCCOC2CN(C)C2)CC1. The first-order chi connectivity index (χ1) is 8.28. The van der Waals surface area contributed by atoms with Crippen molar-refractivity contribution in [2.24, 2.45) is 0 Å². The summed E-state index contributed by atoms with van der Waals surface area (Å²) < 4.78 is 11.6. The summed E-state index contributed by atoms with van der Waals surface area (Å²) in [5, 5.41) is 0. The molecule has 0 amide bonds. The van der Waals surface area contributed by atoms with Crippen molar-refractivity contribution < 1.29 is 9.47 Å². The fourth-order valence-corrected chi connectivity index (χ4v) is 2.57. The van der Waals surface area contributed by atoms with Gasteiger partial charge >= 0.3 is 0 Å². The minimum atomic E-state index is 0.450. The largest absolute Gasteiger partial charge is 0.376 e. The van der Waals surface area contributed by atoms with Crippen LogP contribution in [0.2, 0.25) is 0 Å². The van der Waals surface area contributed by atoms with Crippen LogP contribution in [0.1, 0.15) is 19.8 Å². The first-order valence-electron chi connectivity index (χ1n) is 6.92. The third-order valence-corrected chi connectivity index (χ3v) is 3.80. The molecule has 0 aliphatic carbocycles. The van der Waals surface area contributed by atoms with Crippen LogP contribution in [0.4, 0.5) is 0 Å². The van der Waals surface area contributed by atoms with Crippen LogP contribution in [-0.2, 0) is 9.47 Å². The number of rotatable bonds is 6. The molecule has 17 heavy (non-hydrogen) atoms. The van der Waals surface area contributed by atoms with Gasteiger partial charge in [-0.25, -0.2) is 0 Å². The molecular formula is C13H26N2O2. The molecule has 0 radical (unpaired) electrons. The lowest BCUT2D eigenvalue weighted by atomic mass is 10.1. The van der Waals surface area contributed by atoms with E-state index >= 15 is 0 Å². The highest BCUT2D eigenvalue weighted by Crippen LogP contribution is 2.13. The Balaban J connectivity index is 1.46. The predicted octanol–water partition coefficient (Wildman–Crippen LogP) is 0.818. The zero-order chi connectivity index (χ0) is 12.1. The molecule has 2 saturated heterocycles. The Hall–Kier alpha value is -0.160. The average molecular weight is 242 g/mol. The van der Waals surface area contributed by atoms with Gasteiger partial charge in [0.2, 0.25) is 0 Å². The van der Waals surface area contributed by atoms with Gasteiger partial charge in [-0.1, -0.05) is 6.92 Å². The van der Waals surface area contributed by atoms with Crippen LogP contribution in [0.25, 0.3) is 0 Å². The normalized spacial score (nSPS) is 25.1. The number of nitrogens with zero attached hydrogens (tertiary/aromatic N) is 2. The van der Waals surface area contributed by atoms with E-state index in [-0.39, 0.29) is 0 Å². The third-order valence-electron chi connectivity index (χ3n) is 3.80. The minimum absolute atomic E-state index is 0.450. The molecule has 4 nitrogen and oxygen atoms in total. The Bertz CT molecular complexity index is 211. The molecule has 2 heterocycles. The quantitative estimate of drug-likeness (QED) is 0.644. The maximum Gasteiger partial charge on any atom is 0.0829 e. The standard InChI is InChI=1S/C13H26N2O2/c1-3-15-6-4-12(5-7-15)16-8-9-17-13-10-14(2)11-13/h12-13H,3-11H2,1-2H3. The van der Waals surface area contributed by atoms with Crippen molar-refractivity contribution in [2.45, 2.75) is 32.0 Å². The summed E-state index contributed by atoms with van der Waals surface area (Å²) in [4.78, 5) is 4.76. The average Bonchev–Trinajstić information content (AvgIpc) is 2.32. The Labute approximate surface area is 105 Å². The van der Waals surface area contributed by atoms with Crippen LogP contribution in [0, 0.1) is 0 Å². The van der Waals surface area contributed by atoms with Gasteiger partial charge in [-0.15, -0.1) is 0 Å². The minimum Gasteiger partial charge on any atom is -0.376 e. The molecule has 2 aliphatic heterocycles. The number of hydrogen-bond acceptors (Lipinski definition) is 4. The van der Waals surface area contributed by atoms with Crippen molar-refractivity contribution in [1.82, 2.24) is 9.80 Å². The second-order valence-electron chi connectivity index (χ2n) is 5.22. The maximum atomic E-state index is 5.86. The van der Waals surface area contributed by atoms with Gasteiger partial charge in [0.05, 0.1) is 25.4 Å². The van der Waals surface area contributed by atoms with E-state index in [1.54, 1.807) is 0 Å². The van der Waals surface area contributed by atoms with Crippen molar-refractivity contribution in [1.29, 1.82) is 0 Å². The van der Waals surface area contributed by atoms with Gasteiger partial charge in [0, 0.05) is 26.2 Å². The molecule has 4 heteroatoms. The Morgan fingerprint density at radius 2 is 1.59 bits per heavy atom. The monoisotopic (exact) mass is 242 g/mol. The number of hydrogen-bond donors (Lipinski definition) is 0. The predicted molar refractivity (Wildman–Crippen MR) is 68.3 cm³/mol. The first-order valence-corrected chi connectivity index (χ1v) is 6.92. The molecule has 0 bridgehead atoms. The molecule has 0 spiro atoms. The van der Waals surface area contributed by atoms with Crippen LogP contribution < -0.4 is 0 Å². The van der Waals surface area contributed by atoms with Crippen molar-refractivity contribution in [3.8, 4) is 0 Å². The summed E-state index contributed by atoms with van der Waals surface area (Å²) in [5.41, 5.74) is 0. The molecule has 0 aromatic rings. The molecule has 2 fully saturated rings. The molecule has 0 N–H and O–H groups in total. The number of likely N-dealkylation sites (tertiary alicyclic amines) is 2. The van der Waals surface area contributed by atoms with Crippen molar-refractivity contribution in [3.05, 3.63) is 0 Å². The van der Waals surface area contributed by atoms with Crippen LogP contribution in [0.5, 0.6) is 0 Å². The Morgan fingerprint density at radius 1 is 1.00 bits per heavy atom. The summed E-state index contributed by atoms with van der Waals surface area (Å²) in [6, 6.07) is 0. The second-order valence-corrected chi connectivity index (χ2v) is 5.22. The summed E-state index contributed by atoms with van der Waals surface area (Å²) in [6.07, 6.45) is 3.27. The summed E-state index contributed by atoms with van der Waals surface area (Å²) in [7, 11) is 2.12. The van der Waals surface area contributed by atoms with Gasteiger partial charge < -0.3 is 19.3 Å². The molecule has 100 valence electrons. The van der Waals surface area contributed by atoms with E-state index in [9.17, 15) is 0 Å². The highest BCUT2D eigenvalue weighted by atomic mass is 16.5. The fraction of sp³-hybridized carbons (Fsp3) is 1.00. The molecule has 0 aromatic carbocycles. The molecular weight excluding hydrogens is 216 g/mol. The van der Waals surface area contributed by atoms with Crippen molar-refractivity contribution >= 4 is 0 Å². The zero-order valence-corrected chi connectivity index (χ0v) is 11.2. The van der Waals surface area contributed by atoms with E-state index in [0.29, 0.717) is 12.2 Å². The zero-order valence-electron chi connectivity index (χ0n) is 11.2. The molecule has 0 aromatic heterocycles. The van der Waals surface area contributed by atoms with E-state index in [0.717, 1.165) is 26.3 Å². The van der Waals surface area contributed by atoms with Crippen LogP contribution in [-0.4, -0.2) is 75.0 Å². The summed E-state index contributed by atoms with van der Waals surface area (Å²) in [5.74, 6) is 0. The summed E-state index contributed by atoms with van der Waals surface area (Å²) in [6.45, 7) is 9.45. The molecule has 2 rings (SSSR count). The van der Waals surface area contributed by atoms with E-state index in [4.69, 9.17) is 9.47 Å². The van der Waals surface area contributed by atoms with E-state index in [1.807, 2.05) is 0 Å². The third kappa shape index (κ3) is 4.21. The van der Waals surface area contributed by atoms with Gasteiger partial charge in [-0.05, 0) is 26.4 Å². The molecule has 0 unspecified atom stereocenters. The van der Waals surface area contributed by atoms with Gasteiger partial charge in [-0.2, -0.15) is 0 Å². The number of ether oxygens (including phenoxy) is 2.